The Kier molecular flexibility index (Phi) is 39.4. The van der Waals surface area contributed by atoms with Crippen molar-refractivity contribution in [2.45, 2.75) is 212 Å². The summed E-state index contributed by atoms with van der Waals surface area (Å²) in [5.74, 6) is -0.837. The van der Waals surface area contributed by atoms with E-state index in [-0.39, 0.29) is 32.0 Å². The number of quaternary nitrogens is 1. The Morgan fingerprint density at radius 1 is 0.586 bits per heavy atom. The van der Waals surface area contributed by atoms with Crippen molar-refractivity contribution in [1.82, 2.24) is 0 Å². The van der Waals surface area contributed by atoms with Crippen LogP contribution in [-0.4, -0.2) is 70.0 Å². The highest BCUT2D eigenvalue weighted by molar-refractivity contribution is 7.45. The average molecular weight is 840 g/mol. The number of carbonyl (C=O) groups is 2. The molecule has 0 amide bonds. The van der Waals surface area contributed by atoms with Crippen LogP contribution < -0.4 is 4.89 Å². The van der Waals surface area contributed by atoms with E-state index in [4.69, 9.17) is 18.5 Å². The van der Waals surface area contributed by atoms with Gasteiger partial charge in [-0.05, 0) is 57.8 Å². The second-order valence-corrected chi connectivity index (χ2v) is 18.6. The summed E-state index contributed by atoms with van der Waals surface area (Å²) >= 11 is 0. The molecule has 0 saturated heterocycles. The number of esters is 2. The lowest BCUT2D eigenvalue weighted by Gasteiger charge is -2.28. The standard InChI is InChI=1S/C48H90NO8P/c1-6-8-10-12-14-16-18-20-22-23-24-25-27-28-30-32-34-36-38-40-47(50)54-44-46(45-56-58(52,53)55-43-42-49(3,4)5)57-48(51)41-39-37-35-33-31-29-26-21-19-17-15-13-11-9-7-2/h7,14,16,20,22,46H,2,6,8-13,15,17-19,21,23-45H2,1,3-5H3/b16-14+,22-20+/t46-/m1/s1. The van der Waals surface area contributed by atoms with Gasteiger partial charge in [0.25, 0.3) is 7.82 Å². The normalized spacial score (nSPS) is 13.6. The number of nitrogens with zero attached hydrogens (tertiary/aromatic N) is 1. The first kappa shape index (κ1) is 56.2. The minimum absolute atomic E-state index is 0.0317. The van der Waals surface area contributed by atoms with Crippen LogP contribution >= 0.6 is 7.82 Å². The van der Waals surface area contributed by atoms with Crippen LogP contribution in [0.3, 0.4) is 0 Å². The van der Waals surface area contributed by atoms with Crippen LogP contribution in [0.2, 0.25) is 0 Å². The zero-order valence-electron chi connectivity index (χ0n) is 38.1. The van der Waals surface area contributed by atoms with Gasteiger partial charge in [0.1, 0.15) is 19.8 Å². The summed E-state index contributed by atoms with van der Waals surface area (Å²) < 4.78 is 34.0. The van der Waals surface area contributed by atoms with Crippen molar-refractivity contribution in [3.8, 4) is 0 Å². The van der Waals surface area contributed by atoms with E-state index in [0.29, 0.717) is 17.4 Å². The van der Waals surface area contributed by atoms with Crippen molar-refractivity contribution in [1.29, 1.82) is 0 Å². The van der Waals surface area contributed by atoms with Gasteiger partial charge in [-0.2, -0.15) is 0 Å². The molecule has 0 bridgehead atoms. The molecule has 0 radical (unpaired) electrons. The van der Waals surface area contributed by atoms with Gasteiger partial charge in [0, 0.05) is 12.8 Å². The number of likely N-dealkylation sites (N-methyl/N-ethyl adjacent to an activating group) is 1. The van der Waals surface area contributed by atoms with Gasteiger partial charge in [0.2, 0.25) is 0 Å². The van der Waals surface area contributed by atoms with Gasteiger partial charge >= 0.3 is 11.9 Å². The molecule has 0 saturated carbocycles. The van der Waals surface area contributed by atoms with Gasteiger partial charge in [0.15, 0.2) is 6.10 Å². The number of hydrogen-bond acceptors (Lipinski definition) is 8. The third-order valence-electron chi connectivity index (χ3n) is 10.3. The van der Waals surface area contributed by atoms with Crippen LogP contribution in [0.4, 0.5) is 0 Å². The summed E-state index contributed by atoms with van der Waals surface area (Å²) in [4.78, 5) is 37.6. The molecular weight excluding hydrogens is 750 g/mol. The molecule has 340 valence electrons. The molecule has 0 aliphatic rings. The molecule has 0 heterocycles. The maximum absolute atomic E-state index is 12.7. The second-order valence-electron chi connectivity index (χ2n) is 17.2. The first-order chi connectivity index (χ1) is 28.0. The maximum atomic E-state index is 12.7. The van der Waals surface area contributed by atoms with Gasteiger partial charge in [-0.25, -0.2) is 0 Å². The molecule has 2 atom stereocenters. The van der Waals surface area contributed by atoms with Crippen LogP contribution in [0.25, 0.3) is 0 Å². The van der Waals surface area contributed by atoms with Crippen molar-refractivity contribution in [3.63, 3.8) is 0 Å². The lowest BCUT2D eigenvalue weighted by molar-refractivity contribution is -0.870. The first-order valence-electron chi connectivity index (χ1n) is 23.7. The predicted molar refractivity (Wildman–Crippen MR) is 241 cm³/mol. The molecule has 0 aliphatic heterocycles. The van der Waals surface area contributed by atoms with Crippen molar-refractivity contribution < 1.29 is 42.1 Å². The second kappa shape index (κ2) is 40.6. The monoisotopic (exact) mass is 840 g/mol. The van der Waals surface area contributed by atoms with E-state index >= 15 is 0 Å². The molecule has 0 aromatic heterocycles. The quantitative estimate of drug-likeness (QED) is 0.0196. The molecule has 10 heteroatoms. The minimum Gasteiger partial charge on any atom is -0.756 e. The highest BCUT2D eigenvalue weighted by Gasteiger charge is 2.21. The number of phosphoric acid groups is 1. The highest BCUT2D eigenvalue weighted by atomic mass is 31.2. The minimum atomic E-state index is -4.63. The topological polar surface area (TPSA) is 111 Å². The largest absolute Gasteiger partial charge is 0.756 e. The molecule has 0 aromatic rings. The number of allylic oxidation sites excluding steroid dienone is 5. The van der Waals surface area contributed by atoms with E-state index in [1.54, 1.807) is 0 Å². The molecule has 58 heavy (non-hydrogen) atoms. The predicted octanol–water partition coefficient (Wildman–Crippen LogP) is 13.1. The maximum Gasteiger partial charge on any atom is 0.306 e. The summed E-state index contributed by atoms with van der Waals surface area (Å²) in [6.45, 7) is 5.74. The van der Waals surface area contributed by atoms with Crippen LogP contribution in [-0.2, 0) is 32.7 Å². The first-order valence-corrected chi connectivity index (χ1v) is 25.1. The zero-order chi connectivity index (χ0) is 42.8. The Bertz CT molecular complexity index is 1070. The summed E-state index contributed by atoms with van der Waals surface area (Å²) in [7, 11) is 1.16. The Morgan fingerprint density at radius 3 is 1.48 bits per heavy atom. The Labute approximate surface area is 357 Å². The Hall–Kier alpha value is -1.77. The molecule has 0 aromatic carbocycles. The zero-order valence-corrected chi connectivity index (χ0v) is 39.0. The van der Waals surface area contributed by atoms with Crippen molar-refractivity contribution in [2.75, 3.05) is 47.5 Å². The summed E-state index contributed by atoms with van der Waals surface area (Å²) in [5, 5.41) is 0. The van der Waals surface area contributed by atoms with Crippen molar-refractivity contribution >= 4 is 19.8 Å². The summed E-state index contributed by atoms with van der Waals surface area (Å²) in [5.41, 5.74) is 0. The molecule has 0 fully saturated rings. The number of unbranched alkanes of at least 4 members (excludes halogenated alkanes) is 25. The van der Waals surface area contributed by atoms with Gasteiger partial charge in [-0.1, -0.05) is 166 Å². The fourth-order valence-electron chi connectivity index (χ4n) is 6.55. The number of ether oxygens (including phenoxy) is 2. The van der Waals surface area contributed by atoms with Gasteiger partial charge in [0.05, 0.1) is 27.7 Å². The SMILES string of the molecule is C=CCCCCCCCCCCCCCCCC(=O)O[C@H](COC(=O)CCCCCCCCCCC/C=C/C/C=C/CCCCC)COP(=O)([O-])OCC[N+](C)(C)C. The lowest BCUT2D eigenvalue weighted by atomic mass is 10.0. The molecule has 1 unspecified atom stereocenters. The van der Waals surface area contributed by atoms with Crippen molar-refractivity contribution in [3.05, 3.63) is 37.0 Å². The number of rotatable bonds is 44. The van der Waals surface area contributed by atoms with Gasteiger partial charge < -0.3 is 27.9 Å². The van der Waals surface area contributed by atoms with E-state index in [9.17, 15) is 19.0 Å². The molecule has 0 N–H and O–H groups in total. The smallest absolute Gasteiger partial charge is 0.306 e. The Balaban J connectivity index is 4.27. The number of hydrogen-bond donors (Lipinski definition) is 0. The average Bonchev–Trinajstić information content (AvgIpc) is 3.17. The third-order valence-corrected chi connectivity index (χ3v) is 11.2. The van der Waals surface area contributed by atoms with Gasteiger partial charge in [-0.15, -0.1) is 6.58 Å². The Morgan fingerprint density at radius 2 is 1.02 bits per heavy atom. The van der Waals surface area contributed by atoms with Crippen LogP contribution in [0.5, 0.6) is 0 Å². The molecule has 9 nitrogen and oxygen atoms in total. The molecule has 0 spiro atoms. The third kappa shape index (κ3) is 43.8. The van der Waals surface area contributed by atoms with E-state index in [1.807, 2.05) is 27.2 Å². The summed E-state index contributed by atoms with van der Waals surface area (Å²) in [6.07, 6.45) is 44.8. The van der Waals surface area contributed by atoms with Crippen LogP contribution in [0.1, 0.15) is 206 Å². The van der Waals surface area contributed by atoms with Crippen LogP contribution in [0, 0.1) is 0 Å². The van der Waals surface area contributed by atoms with Gasteiger partial charge in [-0.3, -0.25) is 14.2 Å². The number of phosphoric ester groups is 1. The van der Waals surface area contributed by atoms with E-state index < -0.39 is 26.5 Å². The molecule has 0 rings (SSSR count). The van der Waals surface area contributed by atoms with E-state index in [2.05, 4.69) is 37.8 Å². The fourth-order valence-corrected chi connectivity index (χ4v) is 7.28. The van der Waals surface area contributed by atoms with E-state index in [1.165, 1.54) is 128 Å². The molecular formula is C48H90NO8P. The van der Waals surface area contributed by atoms with Crippen molar-refractivity contribution in [2.24, 2.45) is 0 Å². The fraction of sp³-hybridized carbons (Fsp3) is 0.833. The number of carbonyl (C=O) groups excluding carboxylic acids is 2. The van der Waals surface area contributed by atoms with E-state index in [0.717, 1.165) is 51.4 Å². The van der Waals surface area contributed by atoms with Crippen LogP contribution in [0.15, 0.2) is 37.0 Å². The summed E-state index contributed by atoms with van der Waals surface area (Å²) in [6, 6.07) is 0. The molecule has 0 aliphatic carbocycles. The highest BCUT2D eigenvalue weighted by Crippen LogP contribution is 2.38. The lowest BCUT2D eigenvalue weighted by Crippen LogP contribution is -2.37.